The zero-order chi connectivity index (χ0) is 9.10. The van der Waals surface area contributed by atoms with Gasteiger partial charge in [0, 0.05) is 19.7 Å². The zero-order valence-electron chi connectivity index (χ0n) is 7.87. The van der Waals surface area contributed by atoms with Gasteiger partial charge in [-0.2, -0.15) is 0 Å². The standard InChI is InChI=1S/C10H16NO2/c12-10(9-5-4-8-13-9)11-6-2-1-3-7-11/h2,9H,1,3-8H2/t9-/m1/s1. The lowest BCUT2D eigenvalue weighted by molar-refractivity contribution is -0.141. The molecule has 0 aromatic rings. The van der Waals surface area contributed by atoms with Crippen LogP contribution < -0.4 is 0 Å². The van der Waals surface area contributed by atoms with E-state index in [0.717, 1.165) is 45.4 Å². The fourth-order valence-corrected chi connectivity index (χ4v) is 1.94. The average Bonchev–Trinajstić information content (AvgIpc) is 2.71. The van der Waals surface area contributed by atoms with Crippen molar-refractivity contribution in [3.05, 3.63) is 6.42 Å². The number of hydrogen-bond donors (Lipinski definition) is 0. The van der Waals surface area contributed by atoms with Crippen molar-refractivity contribution in [1.82, 2.24) is 4.90 Å². The van der Waals surface area contributed by atoms with Gasteiger partial charge in [0.25, 0.3) is 5.91 Å². The predicted octanol–water partition coefficient (Wildman–Crippen LogP) is 0.992. The highest BCUT2D eigenvalue weighted by Gasteiger charge is 2.28. The molecule has 2 heterocycles. The van der Waals surface area contributed by atoms with Crippen molar-refractivity contribution in [2.75, 3.05) is 19.7 Å². The molecule has 13 heavy (non-hydrogen) atoms. The van der Waals surface area contributed by atoms with E-state index in [1.165, 1.54) is 0 Å². The third-order valence-corrected chi connectivity index (χ3v) is 2.70. The van der Waals surface area contributed by atoms with E-state index in [0.29, 0.717) is 0 Å². The molecule has 73 valence electrons. The molecule has 1 atom stereocenters. The van der Waals surface area contributed by atoms with Crippen LogP contribution in [0.25, 0.3) is 0 Å². The molecule has 0 spiro atoms. The molecular formula is C10H16NO2. The Morgan fingerprint density at radius 2 is 2.38 bits per heavy atom. The summed E-state index contributed by atoms with van der Waals surface area (Å²) in [5.41, 5.74) is 0. The highest BCUT2D eigenvalue weighted by molar-refractivity contribution is 5.81. The monoisotopic (exact) mass is 182 g/mol. The van der Waals surface area contributed by atoms with Gasteiger partial charge in [-0.25, -0.2) is 0 Å². The van der Waals surface area contributed by atoms with Crippen LogP contribution in [0.1, 0.15) is 25.7 Å². The van der Waals surface area contributed by atoms with E-state index in [9.17, 15) is 4.79 Å². The first-order chi connectivity index (χ1) is 6.38. The minimum Gasteiger partial charge on any atom is -0.368 e. The van der Waals surface area contributed by atoms with Gasteiger partial charge >= 0.3 is 0 Å². The van der Waals surface area contributed by atoms with Crippen molar-refractivity contribution >= 4 is 5.91 Å². The van der Waals surface area contributed by atoms with E-state index in [2.05, 4.69) is 6.42 Å². The number of carbonyl (C=O) groups is 1. The number of carbonyl (C=O) groups excluding carboxylic acids is 1. The van der Waals surface area contributed by atoms with E-state index in [1.807, 2.05) is 4.90 Å². The van der Waals surface area contributed by atoms with Crippen LogP contribution in [0.15, 0.2) is 0 Å². The Kier molecular flexibility index (Phi) is 2.83. The van der Waals surface area contributed by atoms with Gasteiger partial charge in [-0.15, -0.1) is 0 Å². The summed E-state index contributed by atoms with van der Waals surface area (Å²) in [4.78, 5) is 13.7. The fraction of sp³-hybridized carbons (Fsp3) is 0.800. The maximum absolute atomic E-state index is 11.8. The summed E-state index contributed by atoms with van der Waals surface area (Å²) in [5, 5.41) is 0. The molecule has 0 aromatic heterocycles. The van der Waals surface area contributed by atoms with Gasteiger partial charge in [-0.1, -0.05) is 0 Å². The molecule has 2 aliphatic rings. The molecule has 0 bridgehead atoms. The van der Waals surface area contributed by atoms with Gasteiger partial charge in [0.15, 0.2) is 0 Å². The van der Waals surface area contributed by atoms with Gasteiger partial charge in [0.1, 0.15) is 6.10 Å². The lowest BCUT2D eigenvalue weighted by Gasteiger charge is -2.28. The van der Waals surface area contributed by atoms with Crippen molar-refractivity contribution in [2.24, 2.45) is 0 Å². The third-order valence-electron chi connectivity index (χ3n) is 2.70. The summed E-state index contributed by atoms with van der Waals surface area (Å²) in [6, 6.07) is 0. The molecule has 2 saturated heterocycles. The molecule has 0 saturated carbocycles. The van der Waals surface area contributed by atoms with Gasteiger partial charge < -0.3 is 9.64 Å². The summed E-state index contributed by atoms with van der Waals surface area (Å²) in [5.74, 6) is 0.202. The minimum atomic E-state index is -0.133. The van der Waals surface area contributed by atoms with E-state index in [-0.39, 0.29) is 12.0 Å². The van der Waals surface area contributed by atoms with Gasteiger partial charge in [0.2, 0.25) is 0 Å². The van der Waals surface area contributed by atoms with Crippen molar-refractivity contribution in [3.63, 3.8) is 0 Å². The summed E-state index contributed by atoms with van der Waals surface area (Å²) in [6.07, 6.45) is 6.25. The number of likely N-dealkylation sites (tertiary alicyclic amines) is 1. The van der Waals surface area contributed by atoms with E-state index >= 15 is 0 Å². The first kappa shape index (κ1) is 9.00. The van der Waals surface area contributed by atoms with Crippen molar-refractivity contribution in [3.8, 4) is 0 Å². The van der Waals surface area contributed by atoms with Crippen LogP contribution in [0, 0.1) is 6.42 Å². The Labute approximate surface area is 79.0 Å². The van der Waals surface area contributed by atoms with Crippen molar-refractivity contribution in [1.29, 1.82) is 0 Å². The van der Waals surface area contributed by atoms with Crippen LogP contribution in [-0.4, -0.2) is 36.6 Å². The Morgan fingerprint density at radius 3 is 3.00 bits per heavy atom. The maximum atomic E-state index is 11.8. The van der Waals surface area contributed by atoms with E-state index in [1.54, 1.807) is 0 Å². The highest BCUT2D eigenvalue weighted by atomic mass is 16.5. The number of ether oxygens (including phenoxy) is 1. The summed E-state index contributed by atoms with van der Waals surface area (Å²) in [6.45, 7) is 2.49. The first-order valence-corrected chi connectivity index (χ1v) is 5.10. The quantitative estimate of drug-likeness (QED) is 0.605. The highest BCUT2D eigenvalue weighted by Crippen LogP contribution is 2.17. The Morgan fingerprint density at radius 1 is 1.46 bits per heavy atom. The molecule has 2 aliphatic heterocycles. The third kappa shape index (κ3) is 2.02. The molecule has 3 heteroatoms. The van der Waals surface area contributed by atoms with Crippen LogP contribution >= 0.6 is 0 Å². The number of nitrogens with zero attached hydrogens (tertiary/aromatic N) is 1. The summed E-state index contributed by atoms with van der Waals surface area (Å²) >= 11 is 0. The average molecular weight is 182 g/mol. The molecule has 1 radical (unpaired) electrons. The first-order valence-electron chi connectivity index (χ1n) is 5.10. The summed E-state index contributed by atoms with van der Waals surface area (Å²) in [7, 11) is 0. The van der Waals surface area contributed by atoms with Crippen molar-refractivity contribution < 1.29 is 9.53 Å². The van der Waals surface area contributed by atoms with Crippen LogP contribution in [0.3, 0.4) is 0 Å². The molecule has 0 aromatic carbocycles. The molecule has 0 N–H and O–H groups in total. The minimum absolute atomic E-state index is 0.133. The normalized spacial score (nSPS) is 29.2. The number of rotatable bonds is 1. The maximum Gasteiger partial charge on any atom is 0.251 e. The SMILES string of the molecule is O=C([C@H]1CCCO1)N1C[CH]CCC1. The predicted molar refractivity (Wildman–Crippen MR) is 49.1 cm³/mol. The Hall–Kier alpha value is -0.570. The molecule has 0 aliphatic carbocycles. The largest absolute Gasteiger partial charge is 0.368 e. The second-order valence-corrected chi connectivity index (χ2v) is 3.72. The molecule has 2 fully saturated rings. The number of hydrogen-bond acceptors (Lipinski definition) is 2. The number of piperidine rings is 1. The van der Waals surface area contributed by atoms with Crippen LogP contribution in [0.4, 0.5) is 0 Å². The molecule has 0 unspecified atom stereocenters. The van der Waals surface area contributed by atoms with E-state index in [4.69, 9.17) is 4.74 Å². The lowest BCUT2D eigenvalue weighted by atomic mass is 10.1. The summed E-state index contributed by atoms with van der Waals surface area (Å²) < 4.78 is 5.36. The molecule has 1 amide bonds. The smallest absolute Gasteiger partial charge is 0.251 e. The van der Waals surface area contributed by atoms with Gasteiger partial charge in [-0.3, -0.25) is 4.79 Å². The van der Waals surface area contributed by atoms with Crippen LogP contribution in [0.2, 0.25) is 0 Å². The Balaban J connectivity index is 1.87. The second-order valence-electron chi connectivity index (χ2n) is 3.72. The molecule has 3 nitrogen and oxygen atoms in total. The topological polar surface area (TPSA) is 29.5 Å². The number of amides is 1. The van der Waals surface area contributed by atoms with E-state index < -0.39 is 0 Å². The van der Waals surface area contributed by atoms with Crippen molar-refractivity contribution in [2.45, 2.75) is 31.8 Å². The second kappa shape index (κ2) is 4.09. The Bertz CT molecular complexity index is 181. The lowest BCUT2D eigenvalue weighted by Crippen LogP contribution is -2.42. The molecular weight excluding hydrogens is 166 g/mol. The molecule has 2 rings (SSSR count). The fourth-order valence-electron chi connectivity index (χ4n) is 1.94. The zero-order valence-corrected chi connectivity index (χ0v) is 7.87. The van der Waals surface area contributed by atoms with Gasteiger partial charge in [-0.05, 0) is 32.1 Å². The van der Waals surface area contributed by atoms with Gasteiger partial charge in [0.05, 0.1) is 0 Å². The van der Waals surface area contributed by atoms with Crippen LogP contribution in [0.5, 0.6) is 0 Å². The van der Waals surface area contributed by atoms with Crippen LogP contribution in [-0.2, 0) is 9.53 Å².